The summed E-state index contributed by atoms with van der Waals surface area (Å²) in [5, 5.41) is 7.81. The van der Waals surface area contributed by atoms with Crippen LogP contribution in [-0.2, 0) is 11.0 Å². The zero-order valence-electron chi connectivity index (χ0n) is 28.7. The second-order valence-electron chi connectivity index (χ2n) is 13.2. The van der Waals surface area contributed by atoms with Crippen molar-refractivity contribution in [3.8, 4) is 16.9 Å². The summed E-state index contributed by atoms with van der Waals surface area (Å²) >= 11 is 6.60. The first-order valence-corrected chi connectivity index (χ1v) is 19.8. The van der Waals surface area contributed by atoms with E-state index in [-0.39, 0.29) is 0 Å². The average Bonchev–Trinajstić information content (AvgIpc) is 3.10. The van der Waals surface area contributed by atoms with Crippen molar-refractivity contribution in [2.45, 2.75) is 32.2 Å². The van der Waals surface area contributed by atoms with E-state index in [1.54, 1.807) is 26.6 Å². The van der Waals surface area contributed by atoms with E-state index in [9.17, 15) is 4.57 Å². The predicted molar refractivity (Wildman–Crippen MR) is 201 cm³/mol. The summed E-state index contributed by atoms with van der Waals surface area (Å²) in [5.41, 5.74) is 6.02. The second kappa shape index (κ2) is 14.9. The molecule has 0 radical (unpaired) electrons. The van der Waals surface area contributed by atoms with Crippen LogP contribution >= 0.6 is 18.7 Å². The summed E-state index contributed by atoms with van der Waals surface area (Å²) in [6.07, 6.45) is 4.80. The Morgan fingerprint density at radius 1 is 0.917 bits per heavy atom. The van der Waals surface area contributed by atoms with Crippen molar-refractivity contribution in [3.63, 3.8) is 0 Å². The van der Waals surface area contributed by atoms with E-state index in [0.717, 1.165) is 60.5 Å². The third-order valence-electron chi connectivity index (χ3n) is 9.57. The summed E-state index contributed by atoms with van der Waals surface area (Å²) in [6.45, 7) is 12.4. The van der Waals surface area contributed by atoms with Gasteiger partial charge < -0.3 is 29.7 Å². The molecule has 2 N–H and O–H groups in total. The first-order chi connectivity index (χ1) is 23.1. The zero-order valence-corrected chi connectivity index (χ0v) is 30.3. The number of ether oxygens (including phenoxy) is 1. The van der Waals surface area contributed by atoms with Crippen molar-refractivity contribution < 1.29 is 9.30 Å². The van der Waals surface area contributed by atoms with Crippen LogP contribution in [-0.4, -0.2) is 92.6 Å². The van der Waals surface area contributed by atoms with Crippen LogP contribution in [0.4, 0.5) is 28.8 Å². The van der Waals surface area contributed by atoms with Gasteiger partial charge in [-0.25, -0.2) is 4.98 Å². The number of likely N-dealkylation sites (N-methyl/N-ethyl adjacent to an activating group) is 1. The first kappa shape index (κ1) is 34.3. The highest BCUT2D eigenvalue weighted by atomic mass is 35.5. The quantitative estimate of drug-likeness (QED) is 0.167. The maximum Gasteiger partial charge on any atom is 0.229 e. The third kappa shape index (κ3) is 7.81. The van der Waals surface area contributed by atoms with Crippen molar-refractivity contribution in [1.29, 1.82) is 0 Å². The fraction of sp³-hybridized carbons (Fsp3) is 0.405. The lowest BCUT2D eigenvalue weighted by Crippen LogP contribution is -2.52. The van der Waals surface area contributed by atoms with E-state index in [4.69, 9.17) is 21.3 Å². The minimum absolute atomic E-state index is 0.359. The fourth-order valence-electron chi connectivity index (χ4n) is 6.77. The molecule has 6 rings (SSSR count). The normalized spacial score (nSPS) is 16.6. The number of aryl methyl sites for hydroxylation is 1. The van der Waals surface area contributed by atoms with Gasteiger partial charge in [-0.05, 0) is 74.5 Å². The Bertz CT molecular complexity index is 1770. The summed E-state index contributed by atoms with van der Waals surface area (Å²) in [6, 6.07) is 21.0. The number of piperidine rings is 1. The summed E-state index contributed by atoms with van der Waals surface area (Å²) in [5.74, 6) is 1.53. The van der Waals surface area contributed by atoms with E-state index in [1.165, 1.54) is 37.2 Å². The van der Waals surface area contributed by atoms with Crippen molar-refractivity contribution in [2.24, 2.45) is 0 Å². The molecule has 2 saturated heterocycles. The number of aromatic nitrogens is 2. The molecule has 9 nitrogen and oxygen atoms in total. The maximum absolute atomic E-state index is 13.4. The monoisotopic (exact) mass is 687 g/mol. The molecular formula is C37H47ClN7O2P. The standard InChI is InChI=1S/C37H47ClN7O2P/c1-6-26-22-32(34(47-3)24-33(26)45-16-14-29(15-17-45)44-20-18-43(2)19-21-44)41-37-39-25-30(38)36(42-37)40-31-13-12-28(23-35(31)48(4,5)46)27-10-8-7-9-11-27/h7-13,22-25,29H,6,14-21H2,1-5H3,(H2,39,40,41,42). The number of nitrogens with zero attached hydrogens (tertiary/aromatic N) is 5. The third-order valence-corrected chi connectivity index (χ3v) is 11.4. The van der Waals surface area contributed by atoms with Gasteiger partial charge >= 0.3 is 0 Å². The Morgan fingerprint density at radius 2 is 1.65 bits per heavy atom. The van der Waals surface area contributed by atoms with Gasteiger partial charge in [-0.3, -0.25) is 4.90 Å². The number of anilines is 5. The van der Waals surface area contributed by atoms with Gasteiger partial charge in [0, 0.05) is 62.4 Å². The van der Waals surface area contributed by atoms with E-state index in [1.807, 2.05) is 48.5 Å². The molecule has 0 unspecified atom stereocenters. The molecule has 0 amide bonds. The largest absolute Gasteiger partial charge is 0.494 e. The molecule has 3 heterocycles. The Balaban J connectivity index is 1.21. The molecule has 2 fully saturated rings. The van der Waals surface area contributed by atoms with Gasteiger partial charge in [0.05, 0.1) is 24.7 Å². The van der Waals surface area contributed by atoms with Crippen LogP contribution in [0.5, 0.6) is 5.75 Å². The van der Waals surface area contributed by atoms with Gasteiger partial charge in [0.15, 0.2) is 5.82 Å². The fourth-order valence-corrected chi connectivity index (χ4v) is 8.07. The molecule has 3 aromatic carbocycles. The van der Waals surface area contributed by atoms with Crippen LogP contribution in [0.2, 0.25) is 5.02 Å². The first-order valence-electron chi connectivity index (χ1n) is 16.8. The number of nitrogens with one attached hydrogen (secondary N) is 2. The molecule has 11 heteroatoms. The van der Waals surface area contributed by atoms with E-state index in [0.29, 0.717) is 28.5 Å². The Hall–Kier alpha value is -3.62. The number of rotatable bonds is 10. The Kier molecular flexibility index (Phi) is 10.6. The van der Waals surface area contributed by atoms with Crippen LogP contribution in [0.1, 0.15) is 25.3 Å². The lowest BCUT2D eigenvalue weighted by atomic mass is 9.99. The van der Waals surface area contributed by atoms with E-state index < -0.39 is 7.14 Å². The van der Waals surface area contributed by atoms with Crippen LogP contribution in [0.15, 0.2) is 66.9 Å². The van der Waals surface area contributed by atoms with Gasteiger partial charge in [0.2, 0.25) is 5.95 Å². The molecule has 2 aliphatic rings. The van der Waals surface area contributed by atoms with Crippen molar-refractivity contribution in [1.82, 2.24) is 19.8 Å². The zero-order chi connectivity index (χ0) is 33.8. The molecule has 254 valence electrons. The maximum atomic E-state index is 13.4. The minimum Gasteiger partial charge on any atom is -0.494 e. The van der Waals surface area contributed by atoms with Crippen LogP contribution in [0.25, 0.3) is 11.1 Å². The molecule has 0 spiro atoms. The van der Waals surface area contributed by atoms with Gasteiger partial charge in [0.25, 0.3) is 0 Å². The molecular weight excluding hydrogens is 641 g/mol. The molecule has 0 saturated carbocycles. The number of piperazine rings is 1. The summed E-state index contributed by atoms with van der Waals surface area (Å²) < 4.78 is 19.3. The molecule has 1 aromatic heterocycles. The lowest BCUT2D eigenvalue weighted by Gasteiger charge is -2.43. The van der Waals surface area contributed by atoms with Crippen molar-refractivity contribution in [2.75, 3.05) is 82.3 Å². The van der Waals surface area contributed by atoms with Gasteiger partial charge in [-0.15, -0.1) is 0 Å². The number of benzene rings is 3. The second-order valence-corrected chi connectivity index (χ2v) is 16.8. The van der Waals surface area contributed by atoms with E-state index >= 15 is 0 Å². The number of methoxy groups -OCH3 is 1. The van der Waals surface area contributed by atoms with Gasteiger partial charge in [-0.1, -0.05) is 54.9 Å². The highest BCUT2D eigenvalue weighted by molar-refractivity contribution is 7.70. The molecule has 0 aliphatic carbocycles. The number of halogens is 1. The summed E-state index contributed by atoms with van der Waals surface area (Å²) in [4.78, 5) is 16.8. The lowest BCUT2D eigenvalue weighted by molar-refractivity contribution is 0.0982. The smallest absolute Gasteiger partial charge is 0.229 e. The van der Waals surface area contributed by atoms with Crippen LogP contribution < -0.4 is 25.6 Å². The number of hydrogen-bond donors (Lipinski definition) is 2. The van der Waals surface area contributed by atoms with Gasteiger partial charge in [0.1, 0.15) is 17.9 Å². The van der Waals surface area contributed by atoms with Crippen LogP contribution in [0, 0.1) is 0 Å². The Morgan fingerprint density at radius 3 is 2.31 bits per heavy atom. The van der Waals surface area contributed by atoms with Crippen molar-refractivity contribution in [3.05, 3.63) is 77.4 Å². The SMILES string of the molecule is CCc1cc(Nc2ncc(Cl)c(Nc3ccc(-c4ccccc4)cc3P(C)(C)=O)n2)c(OC)cc1N1CCC(N2CCN(C)CC2)CC1. The highest BCUT2D eigenvalue weighted by Gasteiger charge is 2.28. The Labute approximate surface area is 290 Å². The molecule has 4 aromatic rings. The number of hydrogen-bond acceptors (Lipinski definition) is 9. The minimum atomic E-state index is -2.66. The molecule has 0 atom stereocenters. The van der Waals surface area contributed by atoms with Gasteiger partial charge in [-0.2, -0.15) is 4.98 Å². The average molecular weight is 688 g/mol. The highest BCUT2D eigenvalue weighted by Crippen LogP contribution is 2.41. The van der Waals surface area contributed by atoms with Crippen LogP contribution in [0.3, 0.4) is 0 Å². The molecule has 0 bridgehead atoms. The molecule has 48 heavy (non-hydrogen) atoms. The van der Waals surface area contributed by atoms with E-state index in [2.05, 4.69) is 56.4 Å². The summed E-state index contributed by atoms with van der Waals surface area (Å²) in [7, 11) is 1.25. The topological polar surface area (TPSA) is 85.9 Å². The van der Waals surface area contributed by atoms with Crippen molar-refractivity contribution >= 4 is 52.9 Å². The molecule has 2 aliphatic heterocycles. The predicted octanol–water partition coefficient (Wildman–Crippen LogP) is 7.32.